The third kappa shape index (κ3) is 6.53. The Balaban J connectivity index is 0. The molecule has 0 aromatic carbocycles. The van der Waals surface area contributed by atoms with E-state index in [4.69, 9.17) is 0 Å². The molecular formula is C10H22Cl2N2O2. The number of methoxy groups -OCH3 is 1. The number of nitrogens with one attached hydrogen (secondary N) is 1. The Kier molecular flexibility index (Phi) is 11.6. The van der Waals surface area contributed by atoms with Gasteiger partial charge in [-0.1, -0.05) is 0 Å². The van der Waals surface area contributed by atoms with E-state index in [1.54, 1.807) is 0 Å². The predicted octanol–water partition coefficient (Wildman–Crippen LogP) is 1.08. The van der Waals surface area contributed by atoms with Gasteiger partial charge in [-0.2, -0.15) is 0 Å². The van der Waals surface area contributed by atoms with Crippen LogP contribution in [-0.4, -0.2) is 50.7 Å². The molecular weight excluding hydrogens is 251 g/mol. The Morgan fingerprint density at radius 3 is 2.44 bits per heavy atom. The minimum Gasteiger partial charge on any atom is -0.469 e. The quantitative estimate of drug-likeness (QED) is 0.778. The number of hydrogen-bond acceptors (Lipinski definition) is 4. The Labute approximate surface area is 110 Å². The lowest BCUT2D eigenvalue weighted by molar-refractivity contribution is -0.141. The number of ether oxygens (including phenoxy) is 1. The van der Waals surface area contributed by atoms with Gasteiger partial charge >= 0.3 is 5.97 Å². The topological polar surface area (TPSA) is 41.6 Å². The molecule has 0 saturated carbocycles. The molecule has 0 spiro atoms. The molecule has 0 aromatic heterocycles. The molecule has 16 heavy (non-hydrogen) atoms. The SMILES string of the molecule is COC(=O)CCN(C)C1CCNCC1.Cl.Cl. The standard InChI is InChI=1S/C10H20N2O2.2ClH/c1-12(8-5-10(13)14-2)9-3-6-11-7-4-9;;/h9,11H,3-8H2,1-2H3;2*1H. The number of piperidine rings is 1. The summed E-state index contributed by atoms with van der Waals surface area (Å²) in [7, 11) is 3.52. The number of hydrogen-bond donors (Lipinski definition) is 1. The van der Waals surface area contributed by atoms with E-state index in [2.05, 4.69) is 22.0 Å². The van der Waals surface area contributed by atoms with Gasteiger partial charge in [0, 0.05) is 12.6 Å². The number of nitrogens with zero attached hydrogens (tertiary/aromatic N) is 1. The van der Waals surface area contributed by atoms with Crippen molar-refractivity contribution in [2.45, 2.75) is 25.3 Å². The Morgan fingerprint density at radius 2 is 1.94 bits per heavy atom. The van der Waals surface area contributed by atoms with Gasteiger partial charge in [0.05, 0.1) is 13.5 Å². The lowest BCUT2D eigenvalue weighted by atomic mass is 10.1. The molecule has 1 saturated heterocycles. The maximum absolute atomic E-state index is 10.9. The first-order valence-corrected chi connectivity index (χ1v) is 5.22. The van der Waals surface area contributed by atoms with Crippen molar-refractivity contribution >= 4 is 30.8 Å². The van der Waals surface area contributed by atoms with Gasteiger partial charge in [-0.3, -0.25) is 4.79 Å². The minimum atomic E-state index is -0.120. The van der Waals surface area contributed by atoms with Crippen molar-refractivity contribution in [2.24, 2.45) is 0 Å². The molecule has 0 aliphatic carbocycles. The first-order valence-electron chi connectivity index (χ1n) is 5.22. The molecule has 1 heterocycles. The fourth-order valence-electron chi connectivity index (χ4n) is 1.80. The molecule has 98 valence electrons. The van der Waals surface area contributed by atoms with E-state index in [1.165, 1.54) is 20.0 Å². The largest absolute Gasteiger partial charge is 0.469 e. The predicted molar refractivity (Wildman–Crippen MR) is 69.7 cm³/mol. The highest BCUT2D eigenvalue weighted by Crippen LogP contribution is 2.09. The first kappa shape index (κ1) is 18.3. The Morgan fingerprint density at radius 1 is 1.38 bits per heavy atom. The van der Waals surface area contributed by atoms with E-state index in [-0.39, 0.29) is 30.8 Å². The molecule has 1 fully saturated rings. The van der Waals surface area contributed by atoms with E-state index in [9.17, 15) is 4.79 Å². The molecule has 0 aromatic rings. The van der Waals surface area contributed by atoms with Crippen molar-refractivity contribution in [2.75, 3.05) is 33.8 Å². The molecule has 0 radical (unpaired) electrons. The third-order valence-electron chi connectivity index (χ3n) is 2.83. The van der Waals surface area contributed by atoms with Gasteiger partial charge in [-0.25, -0.2) is 0 Å². The van der Waals surface area contributed by atoms with Crippen LogP contribution in [0.1, 0.15) is 19.3 Å². The molecule has 0 amide bonds. The maximum atomic E-state index is 10.9. The van der Waals surface area contributed by atoms with Crippen LogP contribution in [-0.2, 0) is 9.53 Å². The average molecular weight is 273 g/mol. The van der Waals surface area contributed by atoms with Crippen LogP contribution in [0.15, 0.2) is 0 Å². The fourth-order valence-corrected chi connectivity index (χ4v) is 1.80. The summed E-state index contributed by atoms with van der Waals surface area (Å²) in [6.07, 6.45) is 2.85. The number of carbonyl (C=O) groups is 1. The van der Waals surface area contributed by atoms with Crippen LogP contribution in [0.4, 0.5) is 0 Å². The smallest absolute Gasteiger partial charge is 0.306 e. The molecule has 0 unspecified atom stereocenters. The Bertz CT molecular complexity index is 188. The second-order valence-corrected chi connectivity index (χ2v) is 3.79. The average Bonchev–Trinajstić information content (AvgIpc) is 2.26. The first-order chi connectivity index (χ1) is 6.74. The van der Waals surface area contributed by atoms with Crippen LogP contribution in [0, 0.1) is 0 Å². The van der Waals surface area contributed by atoms with Gasteiger partial charge in [-0.15, -0.1) is 24.8 Å². The van der Waals surface area contributed by atoms with Gasteiger partial charge in [-0.05, 0) is 33.0 Å². The summed E-state index contributed by atoms with van der Waals surface area (Å²) in [6.45, 7) is 2.98. The lowest BCUT2D eigenvalue weighted by Crippen LogP contribution is -2.41. The van der Waals surface area contributed by atoms with E-state index >= 15 is 0 Å². The number of carbonyl (C=O) groups excluding carboxylic acids is 1. The molecule has 1 rings (SSSR count). The van der Waals surface area contributed by atoms with Crippen LogP contribution in [0.5, 0.6) is 0 Å². The second kappa shape index (κ2) is 10.1. The summed E-state index contributed by atoms with van der Waals surface area (Å²) in [5.41, 5.74) is 0. The maximum Gasteiger partial charge on any atom is 0.306 e. The minimum absolute atomic E-state index is 0. The van der Waals surface area contributed by atoms with Gasteiger partial charge < -0.3 is 15.0 Å². The number of esters is 1. The van der Waals surface area contributed by atoms with Crippen LogP contribution in [0.25, 0.3) is 0 Å². The van der Waals surface area contributed by atoms with E-state index in [0.29, 0.717) is 12.5 Å². The molecule has 1 aliphatic rings. The van der Waals surface area contributed by atoms with Crippen molar-refractivity contribution < 1.29 is 9.53 Å². The summed E-state index contributed by atoms with van der Waals surface area (Å²) in [5, 5.41) is 3.33. The monoisotopic (exact) mass is 272 g/mol. The molecule has 0 atom stereocenters. The van der Waals surface area contributed by atoms with Crippen molar-refractivity contribution in [3.63, 3.8) is 0 Å². The fraction of sp³-hybridized carbons (Fsp3) is 0.900. The van der Waals surface area contributed by atoms with Crippen molar-refractivity contribution in [3.05, 3.63) is 0 Å². The molecule has 6 heteroatoms. The third-order valence-corrected chi connectivity index (χ3v) is 2.83. The van der Waals surface area contributed by atoms with Crippen molar-refractivity contribution in [1.29, 1.82) is 0 Å². The van der Waals surface area contributed by atoms with Crippen molar-refractivity contribution in [1.82, 2.24) is 10.2 Å². The summed E-state index contributed by atoms with van der Waals surface area (Å²) < 4.78 is 4.61. The highest BCUT2D eigenvalue weighted by molar-refractivity contribution is 5.85. The number of rotatable bonds is 4. The zero-order valence-electron chi connectivity index (χ0n) is 9.90. The van der Waals surface area contributed by atoms with Gasteiger partial charge in [0.1, 0.15) is 0 Å². The molecule has 4 nitrogen and oxygen atoms in total. The van der Waals surface area contributed by atoms with Crippen LogP contribution >= 0.6 is 24.8 Å². The normalized spacial score (nSPS) is 16.2. The van der Waals surface area contributed by atoms with E-state index in [0.717, 1.165) is 19.6 Å². The van der Waals surface area contributed by atoms with Gasteiger partial charge in [0.2, 0.25) is 0 Å². The van der Waals surface area contributed by atoms with E-state index in [1.807, 2.05) is 0 Å². The molecule has 0 bridgehead atoms. The lowest BCUT2D eigenvalue weighted by Gasteiger charge is -2.31. The van der Waals surface area contributed by atoms with Crippen LogP contribution in [0.2, 0.25) is 0 Å². The summed E-state index contributed by atoms with van der Waals surface area (Å²) in [5.74, 6) is -0.120. The summed E-state index contributed by atoms with van der Waals surface area (Å²) in [6, 6.07) is 0.626. The summed E-state index contributed by atoms with van der Waals surface area (Å²) in [4.78, 5) is 13.2. The van der Waals surface area contributed by atoms with Crippen LogP contribution < -0.4 is 5.32 Å². The van der Waals surface area contributed by atoms with E-state index < -0.39 is 0 Å². The zero-order valence-corrected chi connectivity index (χ0v) is 11.5. The molecule has 1 N–H and O–H groups in total. The second-order valence-electron chi connectivity index (χ2n) is 3.79. The van der Waals surface area contributed by atoms with Crippen molar-refractivity contribution in [3.8, 4) is 0 Å². The van der Waals surface area contributed by atoms with Gasteiger partial charge in [0.15, 0.2) is 0 Å². The molecule has 1 aliphatic heterocycles. The zero-order chi connectivity index (χ0) is 10.4. The Hall–Kier alpha value is -0.0300. The number of halogens is 2. The summed E-state index contributed by atoms with van der Waals surface area (Å²) >= 11 is 0. The van der Waals surface area contributed by atoms with Crippen LogP contribution in [0.3, 0.4) is 0 Å². The van der Waals surface area contributed by atoms with Gasteiger partial charge in [0.25, 0.3) is 0 Å². The highest BCUT2D eigenvalue weighted by Gasteiger charge is 2.17. The highest BCUT2D eigenvalue weighted by atomic mass is 35.5.